The first kappa shape index (κ1) is 22.3. The molecule has 2 amide bonds. The van der Waals surface area contributed by atoms with E-state index >= 15 is 0 Å². The molecular weight excluding hydrogens is 439 g/mol. The van der Waals surface area contributed by atoms with Crippen LogP contribution in [0.4, 0.5) is 18.9 Å². The summed E-state index contributed by atoms with van der Waals surface area (Å²) in [6.07, 6.45) is 0.116. The summed E-state index contributed by atoms with van der Waals surface area (Å²) >= 11 is 0. The highest BCUT2D eigenvalue weighted by atomic mass is 19.3. The van der Waals surface area contributed by atoms with E-state index in [1.165, 1.54) is 18.2 Å². The van der Waals surface area contributed by atoms with Crippen LogP contribution in [0.25, 0.3) is 10.8 Å². The van der Waals surface area contributed by atoms with Crippen molar-refractivity contribution in [1.29, 1.82) is 0 Å². The highest BCUT2D eigenvalue weighted by Crippen LogP contribution is 2.47. The Labute approximate surface area is 186 Å². The van der Waals surface area contributed by atoms with Crippen molar-refractivity contribution in [1.82, 2.24) is 0 Å². The minimum Gasteiger partial charge on any atom is -0.489 e. The standard InChI is InChI=1S/C24H18F3NO5/c1-12(2)32-20-14-5-3-4-6-15(14)21(33-24(26)27)19-18(20)22(30)28(23(19)31)17-8-7-13(9-10-29)11-16(17)25/h3-8,10-12,24H,9H2,1-2H3. The molecule has 9 heteroatoms. The monoisotopic (exact) mass is 457 g/mol. The zero-order valence-corrected chi connectivity index (χ0v) is 17.6. The predicted molar refractivity (Wildman–Crippen MR) is 114 cm³/mol. The van der Waals surface area contributed by atoms with Gasteiger partial charge in [-0.1, -0.05) is 30.3 Å². The number of nitrogens with zero attached hydrogens (tertiary/aromatic N) is 1. The number of ether oxygens (including phenoxy) is 2. The van der Waals surface area contributed by atoms with Crippen molar-refractivity contribution in [3.05, 3.63) is 65.0 Å². The van der Waals surface area contributed by atoms with Gasteiger partial charge in [-0.25, -0.2) is 9.29 Å². The lowest BCUT2D eigenvalue weighted by molar-refractivity contribution is -0.107. The second kappa shape index (κ2) is 8.57. The van der Waals surface area contributed by atoms with Crippen molar-refractivity contribution in [3.63, 3.8) is 0 Å². The summed E-state index contributed by atoms with van der Waals surface area (Å²) in [5.41, 5.74) is -0.733. The molecule has 170 valence electrons. The molecule has 0 bridgehead atoms. The quantitative estimate of drug-likeness (QED) is 0.372. The van der Waals surface area contributed by atoms with E-state index in [4.69, 9.17) is 9.47 Å². The molecule has 0 aromatic heterocycles. The summed E-state index contributed by atoms with van der Waals surface area (Å²) < 4.78 is 52.0. The number of aldehydes is 1. The molecule has 1 aliphatic rings. The molecule has 0 aliphatic carbocycles. The molecule has 0 saturated carbocycles. The molecule has 3 aromatic rings. The molecule has 1 aliphatic heterocycles. The molecule has 4 rings (SSSR count). The number of carbonyl (C=O) groups is 3. The maximum atomic E-state index is 14.9. The number of amides is 2. The fraction of sp³-hybridized carbons (Fsp3) is 0.208. The van der Waals surface area contributed by atoms with E-state index in [9.17, 15) is 27.6 Å². The third-order valence-electron chi connectivity index (χ3n) is 5.09. The van der Waals surface area contributed by atoms with Crippen molar-refractivity contribution in [2.75, 3.05) is 4.90 Å². The molecule has 6 nitrogen and oxygen atoms in total. The smallest absolute Gasteiger partial charge is 0.387 e. The van der Waals surface area contributed by atoms with Crippen LogP contribution in [0.15, 0.2) is 42.5 Å². The van der Waals surface area contributed by atoms with Gasteiger partial charge in [0.1, 0.15) is 23.6 Å². The number of halogens is 3. The summed E-state index contributed by atoms with van der Waals surface area (Å²) in [5.74, 6) is -3.33. The van der Waals surface area contributed by atoms with Gasteiger partial charge >= 0.3 is 6.61 Å². The van der Waals surface area contributed by atoms with Crippen LogP contribution in [0.2, 0.25) is 0 Å². The van der Waals surface area contributed by atoms with Crippen LogP contribution in [0.1, 0.15) is 40.1 Å². The molecular formula is C24H18F3NO5. The zero-order valence-electron chi connectivity index (χ0n) is 17.6. The van der Waals surface area contributed by atoms with Crippen LogP contribution < -0.4 is 14.4 Å². The minimum absolute atomic E-state index is 0.0241. The molecule has 0 unspecified atom stereocenters. The third-order valence-corrected chi connectivity index (χ3v) is 5.09. The van der Waals surface area contributed by atoms with Gasteiger partial charge in [0.25, 0.3) is 11.8 Å². The topological polar surface area (TPSA) is 72.9 Å². The Hall–Kier alpha value is -3.88. The van der Waals surface area contributed by atoms with E-state index in [0.29, 0.717) is 22.1 Å². The average Bonchev–Trinajstić information content (AvgIpc) is 3.01. The first-order valence-electron chi connectivity index (χ1n) is 10.1. The largest absolute Gasteiger partial charge is 0.489 e. The number of carbonyl (C=O) groups excluding carboxylic acids is 3. The Morgan fingerprint density at radius 3 is 2.00 bits per heavy atom. The number of imide groups is 1. The van der Waals surface area contributed by atoms with Gasteiger partial charge in [0.05, 0.1) is 22.9 Å². The lowest BCUT2D eigenvalue weighted by Crippen LogP contribution is -2.30. The van der Waals surface area contributed by atoms with Gasteiger partial charge in [-0.2, -0.15) is 8.78 Å². The third kappa shape index (κ3) is 3.79. The Kier molecular flexibility index (Phi) is 5.80. The first-order chi connectivity index (χ1) is 15.7. The number of anilines is 1. The van der Waals surface area contributed by atoms with Crippen molar-refractivity contribution in [2.24, 2.45) is 0 Å². The maximum Gasteiger partial charge on any atom is 0.387 e. The molecule has 0 spiro atoms. The van der Waals surface area contributed by atoms with Crippen LogP contribution in [-0.2, 0) is 11.2 Å². The highest BCUT2D eigenvalue weighted by molar-refractivity contribution is 6.38. The summed E-state index contributed by atoms with van der Waals surface area (Å²) in [6.45, 7) is 0.135. The van der Waals surface area contributed by atoms with Crippen LogP contribution in [-0.4, -0.2) is 30.8 Å². The van der Waals surface area contributed by atoms with Crippen molar-refractivity contribution < 1.29 is 37.0 Å². The number of rotatable bonds is 7. The number of benzene rings is 3. The summed E-state index contributed by atoms with van der Waals surface area (Å²) in [6, 6.07) is 9.83. The number of fused-ring (bicyclic) bond motifs is 2. The molecule has 3 aromatic carbocycles. The molecule has 0 radical (unpaired) electrons. The fourth-order valence-corrected chi connectivity index (χ4v) is 3.84. The number of alkyl halides is 2. The van der Waals surface area contributed by atoms with Crippen molar-refractivity contribution in [3.8, 4) is 11.5 Å². The SMILES string of the molecule is CC(C)Oc1c2c(c(OC(F)F)c3ccccc13)C(=O)N(c1ccc(CC=O)cc1F)C2=O. The van der Waals surface area contributed by atoms with Crippen LogP contribution in [0.3, 0.4) is 0 Å². The molecule has 0 atom stereocenters. The highest BCUT2D eigenvalue weighted by Gasteiger charge is 2.45. The van der Waals surface area contributed by atoms with Gasteiger partial charge < -0.3 is 14.3 Å². The minimum atomic E-state index is -3.27. The average molecular weight is 457 g/mol. The molecule has 0 saturated heterocycles. The second-order valence-corrected chi connectivity index (χ2v) is 7.60. The Bertz CT molecular complexity index is 1220. The van der Waals surface area contributed by atoms with E-state index < -0.39 is 41.7 Å². The van der Waals surface area contributed by atoms with Crippen LogP contribution in [0, 0.1) is 5.82 Å². The molecule has 0 N–H and O–H groups in total. The van der Waals surface area contributed by atoms with Gasteiger partial charge in [-0.3, -0.25) is 9.59 Å². The first-order valence-corrected chi connectivity index (χ1v) is 10.1. The summed E-state index contributed by atoms with van der Waals surface area (Å²) in [7, 11) is 0. The predicted octanol–water partition coefficient (Wildman–Crippen LogP) is 4.91. The lowest BCUT2D eigenvalue weighted by Gasteiger charge is -2.18. The van der Waals surface area contributed by atoms with E-state index in [1.54, 1.807) is 32.0 Å². The maximum absolute atomic E-state index is 14.9. The summed E-state index contributed by atoms with van der Waals surface area (Å²) in [5, 5.41) is 0.447. The second-order valence-electron chi connectivity index (χ2n) is 7.60. The number of hydrogen-bond acceptors (Lipinski definition) is 5. The fourth-order valence-electron chi connectivity index (χ4n) is 3.84. The van der Waals surface area contributed by atoms with Crippen molar-refractivity contribution in [2.45, 2.75) is 33.0 Å². The Morgan fingerprint density at radius 1 is 0.939 bits per heavy atom. The van der Waals surface area contributed by atoms with E-state index in [2.05, 4.69) is 0 Å². The summed E-state index contributed by atoms with van der Waals surface area (Å²) in [4.78, 5) is 38.0. The molecule has 1 heterocycles. The lowest BCUT2D eigenvalue weighted by atomic mass is 9.99. The molecule has 0 fully saturated rings. The molecule has 33 heavy (non-hydrogen) atoms. The number of hydrogen-bond donors (Lipinski definition) is 0. The van der Waals surface area contributed by atoms with E-state index in [-0.39, 0.29) is 28.8 Å². The van der Waals surface area contributed by atoms with Gasteiger partial charge in [-0.15, -0.1) is 0 Å². The van der Waals surface area contributed by atoms with E-state index in [0.717, 1.165) is 6.07 Å². The zero-order chi connectivity index (χ0) is 23.9. The van der Waals surface area contributed by atoms with Gasteiger partial charge in [0.15, 0.2) is 0 Å². The Morgan fingerprint density at radius 2 is 1.52 bits per heavy atom. The van der Waals surface area contributed by atoms with Crippen LogP contribution in [0.5, 0.6) is 11.5 Å². The normalized spacial score (nSPS) is 13.2. The van der Waals surface area contributed by atoms with Crippen molar-refractivity contribution >= 4 is 34.6 Å². The van der Waals surface area contributed by atoms with E-state index in [1.807, 2.05) is 0 Å². The van der Waals surface area contributed by atoms with Gasteiger partial charge in [0, 0.05) is 17.2 Å². The van der Waals surface area contributed by atoms with Gasteiger partial charge in [-0.05, 0) is 31.5 Å². The van der Waals surface area contributed by atoms with Crippen LogP contribution >= 0.6 is 0 Å². The van der Waals surface area contributed by atoms with Gasteiger partial charge in [0.2, 0.25) is 0 Å². The Balaban J connectivity index is 1.99.